The Kier molecular flexibility index (Phi) is 4.34. The largest absolute Gasteiger partial charge is 0.469 e. The van der Waals surface area contributed by atoms with E-state index in [-0.39, 0.29) is 5.97 Å². The predicted molar refractivity (Wildman–Crippen MR) is 51.2 cm³/mol. The molecular weight excluding hydrogens is 164 g/mol. The summed E-state index contributed by atoms with van der Waals surface area (Å²) in [7, 11) is 1.44. The van der Waals surface area contributed by atoms with Crippen LogP contribution in [-0.2, 0) is 9.53 Å². The lowest BCUT2D eigenvalue weighted by Crippen LogP contribution is -2.05. The third kappa shape index (κ3) is 3.95. The SMILES string of the molecule is COC(=O)CCC1CC=C=CCC1. The standard InChI is InChI=1S/C11H16O2/c1-13-11(12)9-8-10-6-4-2-3-5-7-10/h2,5,10H,4,6-9H2,1H3. The number of methoxy groups -OCH3 is 1. The number of allylic oxidation sites excluding steroid dienone is 1. The Morgan fingerprint density at radius 1 is 1.62 bits per heavy atom. The first kappa shape index (κ1) is 10.1. The van der Waals surface area contributed by atoms with E-state index >= 15 is 0 Å². The highest BCUT2D eigenvalue weighted by Crippen LogP contribution is 2.20. The van der Waals surface area contributed by atoms with E-state index in [2.05, 4.69) is 22.6 Å². The van der Waals surface area contributed by atoms with E-state index in [1.165, 1.54) is 13.5 Å². The Morgan fingerprint density at radius 3 is 3.23 bits per heavy atom. The van der Waals surface area contributed by atoms with Crippen LogP contribution in [0.2, 0.25) is 0 Å². The summed E-state index contributed by atoms with van der Waals surface area (Å²) in [5.74, 6) is 0.534. The maximum atomic E-state index is 10.9. The van der Waals surface area contributed by atoms with Crippen LogP contribution < -0.4 is 0 Å². The molecule has 0 fully saturated rings. The molecule has 0 aromatic carbocycles. The molecule has 0 N–H and O–H groups in total. The first-order valence-electron chi connectivity index (χ1n) is 4.79. The molecule has 0 bridgehead atoms. The highest BCUT2D eigenvalue weighted by molar-refractivity contribution is 5.69. The van der Waals surface area contributed by atoms with Gasteiger partial charge >= 0.3 is 5.97 Å². The number of esters is 1. The first-order valence-corrected chi connectivity index (χ1v) is 4.79. The molecule has 1 atom stereocenters. The van der Waals surface area contributed by atoms with E-state index in [1.807, 2.05) is 0 Å². The second-order valence-corrected chi connectivity index (χ2v) is 3.37. The Morgan fingerprint density at radius 2 is 2.46 bits per heavy atom. The van der Waals surface area contributed by atoms with E-state index < -0.39 is 0 Å². The van der Waals surface area contributed by atoms with Crippen molar-refractivity contribution in [3.05, 3.63) is 17.9 Å². The summed E-state index contributed by atoms with van der Waals surface area (Å²) in [6.07, 6.45) is 8.93. The van der Waals surface area contributed by atoms with Crippen LogP contribution in [0.1, 0.15) is 32.1 Å². The van der Waals surface area contributed by atoms with E-state index in [4.69, 9.17) is 0 Å². The summed E-state index contributed by atoms with van der Waals surface area (Å²) in [5.41, 5.74) is 3.11. The molecule has 0 spiro atoms. The third-order valence-corrected chi connectivity index (χ3v) is 2.39. The molecule has 13 heavy (non-hydrogen) atoms. The fraction of sp³-hybridized carbons (Fsp3) is 0.636. The van der Waals surface area contributed by atoms with E-state index in [0.717, 1.165) is 19.3 Å². The minimum atomic E-state index is -0.0961. The lowest BCUT2D eigenvalue weighted by atomic mass is 9.95. The molecule has 0 aromatic rings. The van der Waals surface area contributed by atoms with Crippen LogP contribution in [0.4, 0.5) is 0 Å². The van der Waals surface area contributed by atoms with Crippen molar-refractivity contribution in [3.8, 4) is 0 Å². The highest BCUT2D eigenvalue weighted by atomic mass is 16.5. The van der Waals surface area contributed by atoms with Crippen LogP contribution in [0.25, 0.3) is 0 Å². The van der Waals surface area contributed by atoms with Gasteiger partial charge in [0.05, 0.1) is 7.11 Å². The second-order valence-electron chi connectivity index (χ2n) is 3.37. The number of carbonyl (C=O) groups is 1. The summed E-state index contributed by atoms with van der Waals surface area (Å²) < 4.78 is 4.60. The third-order valence-electron chi connectivity index (χ3n) is 2.39. The Labute approximate surface area is 79.3 Å². The van der Waals surface area contributed by atoms with Gasteiger partial charge < -0.3 is 4.74 Å². The summed E-state index contributed by atoms with van der Waals surface area (Å²) in [4.78, 5) is 10.9. The van der Waals surface area contributed by atoms with Crippen molar-refractivity contribution in [1.29, 1.82) is 0 Å². The van der Waals surface area contributed by atoms with Crippen LogP contribution >= 0.6 is 0 Å². The van der Waals surface area contributed by atoms with Gasteiger partial charge in [-0.05, 0) is 43.8 Å². The molecule has 1 unspecified atom stereocenters. The molecule has 1 rings (SSSR count). The zero-order chi connectivity index (χ0) is 9.52. The van der Waals surface area contributed by atoms with Gasteiger partial charge in [-0.1, -0.05) is 0 Å². The van der Waals surface area contributed by atoms with Gasteiger partial charge in [-0.15, -0.1) is 5.73 Å². The van der Waals surface area contributed by atoms with Gasteiger partial charge in [-0.3, -0.25) is 4.79 Å². The van der Waals surface area contributed by atoms with Crippen molar-refractivity contribution in [2.24, 2.45) is 5.92 Å². The van der Waals surface area contributed by atoms with Crippen molar-refractivity contribution in [2.75, 3.05) is 7.11 Å². The summed E-state index contributed by atoms with van der Waals surface area (Å²) >= 11 is 0. The number of carbonyl (C=O) groups excluding carboxylic acids is 1. The predicted octanol–water partition coefficient (Wildman–Crippen LogP) is 2.45. The van der Waals surface area contributed by atoms with Gasteiger partial charge in [0.2, 0.25) is 0 Å². The quantitative estimate of drug-likeness (QED) is 0.492. The van der Waals surface area contributed by atoms with Crippen molar-refractivity contribution in [3.63, 3.8) is 0 Å². The summed E-state index contributed by atoms with van der Waals surface area (Å²) in [6, 6.07) is 0. The lowest BCUT2D eigenvalue weighted by molar-refractivity contribution is -0.140. The minimum Gasteiger partial charge on any atom is -0.469 e. The van der Waals surface area contributed by atoms with Gasteiger partial charge in [-0.25, -0.2) is 0 Å². The molecule has 0 aliphatic heterocycles. The average Bonchev–Trinajstić information content (AvgIpc) is 2.42. The fourth-order valence-corrected chi connectivity index (χ4v) is 1.52. The van der Waals surface area contributed by atoms with E-state index in [9.17, 15) is 4.79 Å². The molecule has 1 aliphatic carbocycles. The zero-order valence-electron chi connectivity index (χ0n) is 8.08. The Hall–Kier alpha value is -1.01. The van der Waals surface area contributed by atoms with E-state index in [1.54, 1.807) is 0 Å². The molecule has 0 saturated carbocycles. The van der Waals surface area contributed by atoms with Crippen LogP contribution in [0.5, 0.6) is 0 Å². The maximum absolute atomic E-state index is 10.9. The zero-order valence-corrected chi connectivity index (χ0v) is 8.08. The van der Waals surface area contributed by atoms with Gasteiger partial charge in [0.25, 0.3) is 0 Å². The Bertz CT molecular complexity index is 224. The van der Waals surface area contributed by atoms with Gasteiger partial charge in [-0.2, -0.15) is 0 Å². The summed E-state index contributed by atoms with van der Waals surface area (Å²) in [5, 5.41) is 0. The van der Waals surface area contributed by atoms with Crippen molar-refractivity contribution >= 4 is 5.97 Å². The normalized spacial score (nSPS) is 21.2. The first-order chi connectivity index (χ1) is 6.33. The van der Waals surface area contributed by atoms with Crippen molar-refractivity contribution in [1.82, 2.24) is 0 Å². The summed E-state index contributed by atoms with van der Waals surface area (Å²) in [6.45, 7) is 0. The minimum absolute atomic E-state index is 0.0961. The fourth-order valence-electron chi connectivity index (χ4n) is 1.52. The van der Waals surface area contributed by atoms with Crippen molar-refractivity contribution in [2.45, 2.75) is 32.1 Å². The molecule has 0 radical (unpaired) electrons. The molecule has 1 aliphatic rings. The topological polar surface area (TPSA) is 26.3 Å². The van der Waals surface area contributed by atoms with E-state index in [0.29, 0.717) is 12.3 Å². The second kappa shape index (κ2) is 5.60. The number of hydrogen-bond donors (Lipinski definition) is 0. The van der Waals surface area contributed by atoms with Crippen molar-refractivity contribution < 1.29 is 9.53 Å². The van der Waals surface area contributed by atoms with Gasteiger partial charge in [0.1, 0.15) is 0 Å². The smallest absolute Gasteiger partial charge is 0.305 e. The molecule has 0 heterocycles. The molecule has 72 valence electrons. The highest BCUT2D eigenvalue weighted by Gasteiger charge is 2.10. The number of hydrogen-bond acceptors (Lipinski definition) is 2. The van der Waals surface area contributed by atoms with Gasteiger partial charge in [0.15, 0.2) is 0 Å². The number of rotatable bonds is 3. The molecule has 0 amide bonds. The lowest BCUT2D eigenvalue weighted by Gasteiger charge is -2.11. The molecule has 2 nitrogen and oxygen atoms in total. The molecular formula is C11H16O2. The number of ether oxygens (including phenoxy) is 1. The van der Waals surface area contributed by atoms with Crippen LogP contribution in [0, 0.1) is 5.92 Å². The maximum Gasteiger partial charge on any atom is 0.305 e. The average molecular weight is 180 g/mol. The molecule has 0 saturated heterocycles. The van der Waals surface area contributed by atoms with Gasteiger partial charge in [0, 0.05) is 6.42 Å². The van der Waals surface area contributed by atoms with Crippen LogP contribution in [0.3, 0.4) is 0 Å². The van der Waals surface area contributed by atoms with Crippen LogP contribution in [0.15, 0.2) is 17.9 Å². The molecule has 0 aromatic heterocycles. The molecule has 2 heteroatoms. The van der Waals surface area contributed by atoms with Crippen LogP contribution in [-0.4, -0.2) is 13.1 Å². The monoisotopic (exact) mass is 180 g/mol. The Balaban J connectivity index is 2.22.